The molecule has 0 aliphatic rings. The van der Waals surface area contributed by atoms with E-state index in [4.69, 9.17) is 14.9 Å². The van der Waals surface area contributed by atoms with E-state index in [0.29, 0.717) is 6.61 Å². The Morgan fingerprint density at radius 2 is 2.00 bits per heavy atom. The van der Waals surface area contributed by atoms with Gasteiger partial charge in [0, 0.05) is 11.1 Å². The van der Waals surface area contributed by atoms with Gasteiger partial charge in [-0.25, -0.2) is 0 Å². The normalized spacial score (nSPS) is 12.4. The van der Waals surface area contributed by atoms with Crippen LogP contribution in [0.5, 0.6) is 5.75 Å². The minimum atomic E-state index is -0.212. The van der Waals surface area contributed by atoms with Gasteiger partial charge in [-0.2, -0.15) is 0 Å². The summed E-state index contributed by atoms with van der Waals surface area (Å²) in [5, 5.41) is 0. The van der Waals surface area contributed by atoms with Crippen molar-refractivity contribution in [1.29, 1.82) is 0 Å². The fraction of sp³-hybridized carbons (Fsp3) is 0.286. The topological polar surface area (TPSA) is 48.4 Å². The molecule has 2 aromatic rings. The summed E-state index contributed by atoms with van der Waals surface area (Å²) >= 11 is 0. The molecule has 3 nitrogen and oxygen atoms in total. The number of nitrogens with two attached hydrogens (primary N) is 1. The van der Waals surface area contributed by atoms with Crippen molar-refractivity contribution in [3.05, 3.63) is 53.5 Å². The van der Waals surface area contributed by atoms with Gasteiger partial charge < -0.3 is 14.9 Å². The van der Waals surface area contributed by atoms with E-state index in [1.807, 2.05) is 44.2 Å². The van der Waals surface area contributed by atoms with E-state index in [1.165, 1.54) is 0 Å². The Labute approximate surface area is 101 Å². The zero-order valence-corrected chi connectivity index (χ0v) is 10.1. The van der Waals surface area contributed by atoms with Crippen molar-refractivity contribution in [2.24, 2.45) is 5.73 Å². The number of rotatable bonds is 4. The summed E-state index contributed by atoms with van der Waals surface area (Å²) in [7, 11) is 0. The third-order valence-corrected chi connectivity index (χ3v) is 2.79. The molecule has 1 aromatic carbocycles. The quantitative estimate of drug-likeness (QED) is 0.879. The second-order valence-electron chi connectivity index (χ2n) is 3.88. The standard InChI is InChI=1S/C14H17NO2/c1-3-16-13-7-5-4-6-12(13)14(15)11-8-9-17-10(11)2/h4-9,14H,3,15H2,1-2H3. The number of benzene rings is 1. The van der Waals surface area contributed by atoms with Crippen LogP contribution < -0.4 is 10.5 Å². The second kappa shape index (κ2) is 5.06. The number of para-hydroxylation sites is 1. The highest BCUT2D eigenvalue weighted by Crippen LogP contribution is 2.30. The van der Waals surface area contributed by atoms with E-state index in [-0.39, 0.29) is 6.04 Å². The summed E-state index contributed by atoms with van der Waals surface area (Å²) in [5.41, 5.74) is 8.24. The maximum absolute atomic E-state index is 6.25. The molecular formula is C14H17NO2. The Hall–Kier alpha value is -1.74. The molecule has 0 saturated heterocycles. The Kier molecular flexibility index (Phi) is 3.49. The number of hydrogen-bond donors (Lipinski definition) is 1. The predicted octanol–water partition coefficient (Wildman–Crippen LogP) is 3.03. The van der Waals surface area contributed by atoms with Crippen LogP contribution in [0, 0.1) is 6.92 Å². The third-order valence-electron chi connectivity index (χ3n) is 2.79. The third kappa shape index (κ3) is 2.34. The summed E-state index contributed by atoms with van der Waals surface area (Å²) in [6.07, 6.45) is 1.66. The summed E-state index contributed by atoms with van der Waals surface area (Å²) in [6, 6.07) is 9.53. The number of ether oxygens (including phenoxy) is 1. The SMILES string of the molecule is CCOc1ccccc1C(N)c1ccoc1C. The maximum atomic E-state index is 6.25. The average Bonchev–Trinajstić information content (AvgIpc) is 2.76. The van der Waals surface area contributed by atoms with Crippen LogP contribution in [-0.4, -0.2) is 6.61 Å². The van der Waals surface area contributed by atoms with Crippen LogP contribution >= 0.6 is 0 Å². The summed E-state index contributed by atoms with van der Waals surface area (Å²) in [4.78, 5) is 0. The minimum Gasteiger partial charge on any atom is -0.494 e. The molecule has 0 amide bonds. The van der Waals surface area contributed by atoms with Gasteiger partial charge in [0.05, 0.1) is 18.9 Å². The zero-order chi connectivity index (χ0) is 12.3. The van der Waals surface area contributed by atoms with E-state index in [0.717, 1.165) is 22.6 Å². The molecule has 0 aliphatic heterocycles. The highest BCUT2D eigenvalue weighted by molar-refractivity contribution is 5.41. The van der Waals surface area contributed by atoms with Crippen molar-refractivity contribution >= 4 is 0 Å². The van der Waals surface area contributed by atoms with Gasteiger partial charge in [0.25, 0.3) is 0 Å². The van der Waals surface area contributed by atoms with Gasteiger partial charge in [-0.3, -0.25) is 0 Å². The van der Waals surface area contributed by atoms with Crippen LogP contribution in [0.15, 0.2) is 41.0 Å². The molecule has 0 radical (unpaired) electrons. The van der Waals surface area contributed by atoms with Gasteiger partial charge in [0.15, 0.2) is 0 Å². The van der Waals surface area contributed by atoms with Crippen molar-refractivity contribution in [3.8, 4) is 5.75 Å². The Morgan fingerprint density at radius 3 is 2.65 bits per heavy atom. The highest BCUT2D eigenvalue weighted by Gasteiger charge is 2.17. The molecular weight excluding hydrogens is 214 g/mol. The first-order chi connectivity index (χ1) is 8.24. The summed E-state index contributed by atoms with van der Waals surface area (Å²) in [6.45, 7) is 4.51. The molecule has 17 heavy (non-hydrogen) atoms. The van der Waals surface area contributed by atoms with Crippen molar-refractivity contribution in [2.75, 3.05) is 6.61 Å². The first-order valence-corrected chi connectivity index (χ1v) is 5.75. The van der Waals surface area contributed by atoms with Gasteiger partial charge in [-0.05, 0) is 26.0 Å². The molecule has 2 N–H and O–H groups in total. The van der Waals surface area contributed by atoms with Crippen molar-refractivity contribution < 1.29 is 9.15 Å². The molecule has 90 valence electrons. The van der Waals surface area contributed by atoms with Crippen molar-refractivity contribution in [1.82, 2.24) is 0 Å². The average molecular weight is 231 g/mol. The Morgan fingerprint density at radius 1 is 1.24 bits per heavy atom. The van der Waals surface area contributed by atoms with Crippen molar-refractivity contribution in [2.45, 2.75) is 19.9 Å². The lowest BCUT2D eigenvalue weighted by Crippen LogP contribution is -2.13. The first-order valence-electron chi connectivity index (χ1n) is 5.75. The Bertz CT molecular complexity index is 490. The predicted molar refractivity (Wildman–Crippen MR) is 67.1 cm³/mol. The van der Waals surface area contributed by atoms with Crippen LogP contribution in [0.25, 0.3) is 0 Å². The number of aryl methyl sites for hydroxylation is 1. The summed E-state index contributed by atoms with van der Waals surface area (Å²) in [5.74, 6) is 1.69. The number of hydrogen-bond acceptors (Lipinski definition) is 3. The summed E-state index contributed by atoms with van der Waals surface area (Å²) < 4.78 is 10.9. The minimum absolute atomic E-state index is 0.212. The fourth-order valence-electron chi connectivity index (χ4n) is 1.91. The van der Waals surface area contributed by atoms with Crippen LogP contribution in [0.2, 0.25) is 0 Å². The van der Waals surface area contributed by atoms with Gasteiger partial charge in [0.1, 0.15) is 11.5 Å². The van der Waals surface area contributed by atoms with Crippen LogP contribution in [0.4, 0.5) is 0 Å². The fourth-order valence-corrected chi connectivity index (χ4v) is 1.91. The largest absolute Gasteiger partial charge is 0.494 e. The van der Waals surface area contributed by atoms with Gasteiger partial charge in [0.2, 0.25) is 0 Å². The molecule has 1 aromatic heterocycles. The zero-order valence-electron chi connectivity index (χ0n) is 10.1. The maximum Gasteiger partial charge on any atom is 0.124 e. The lowest BCUT2D eigenvalue weighted by Gasteiger charge is -2.15. The molecule has 0 saturated carbocycles. The first kappa shape index (κ1) is 11.7. The molecule has 1 unspecified atom stereocenters. The molecule has 1 atom stereocenters. The van der Waals surface area contributed by atoms with E-state index in [2.05, 4.69) is 0 Å². The van der Waals surface area contributed by atoms with Crippen LogP contribution in [0.3, 0.4) is 0 Å². The second-order valence-corrected chi connectivity index (χ2v) is 3.88. The molecule has 2 rings (SSSR count). The van der Waals surface area contributed by atoms with E-state index in [9.17, 15) is 0 Å². The highest BCUT2D eigenvalue weighted by atomic mass is 16.5. The lowest BCUT2D eigenvalue weighted by atomic mass is 9.99. The van der Waals surface area contributed by atoms with Gasteiger partial charge >= 0.3 is 0 Å². The molecule has 0 spiro atoms. The molecule has 0 bridgehead atoms. The Balaban J connectivity index is 2.37. The molecule has 0 aliphatic carbocycles. The van der Waals surface area contributed by atoms with Gasteiger partial charge in [-0.1, -0.05) is 18.2 Å². The van der Waals surface area contributed by atoms with Crippen LogP contribution in [0.1, 0.15) is 29.9 Å². The van der Waals surface area contributed by atoms with E-state index < -0.39 is 0 Å². The monoisotopic (exact) mass is 231 g/mol. The van der Waals surface area contributed by atoms with E-state index in [1.54, 1.807) is 6.26 Å². The van der Waals surface area contributed by atoms with Crippen LogP contribution in [-0.2, 0) is 0 Å². The van der Waals surface area contributed by atoms with E-state index >= 15 is 0 Å². The molecule has 0 fully saturated rings. The molecule has 3 heteroatoms. The molecule has 1 heterocycles. The lowest BCUT2D eigenvalue weighted by molar-refractivity contribution is 0.335. The van der Waals surface area contributed by atoms with Gasteiger partial charge in [-0.15, -0.1) is 0 Å². The van der Waals surface area contributed by atoms with Crippen molar-refractivity contribution in [3.63, 3.8) is 0 Å². The number of furan rings is 1. The smallest absolute Gasteiger partial charge is 0.124 e.